The van der Waals surface area contributed by atoms with E-state index < -0.39 is 11.8 Å². The lowest BCUT2D eigenvalue weighted by Gasteiger charge is -2.35. The van der Waals surface area contributed by atoms with Gasteiger partial charge in [-0.3, -0.25) is 14.5 Å². The zero-order valence-electron chi connectivity index (χ0n) is 17.0. The standard InChI is InChI=1S/C21H32N4O3/c1-24-12-8-17-14-16(6-7-18(17)24)19(25-10-4-3-5-11-25)15-23-21(27)20(26)22-9-13-28-2/h6-7,14,19H,3-5,8-13,15H2,1-2H3,(H,22,26)(H,23,27). The van der Waals surface area contributed by atoms with Crippen molar-refractivity contribution >= 4 is 17.5 Å². The summed E-state index contributed by atoms with van der Waals surface area (Å²) in [5.74, 6) is -1.19. The second-order valence-corrected chi connectivity index (χ2v) is 7.63. The van der Waals surface area contributed by atoms with E-state index in [0.29, 0.717) is 19.7 Å². The molecule has 7 heteroatoms. The second kappa shape index (κ2) is 9.89. The van der Waals surface area contributed by atoms with Gasteiger partial charge in [0.05, 0.1) is 12.6 Å². The Morgan fingerprint density at radius 2 is 1.86 bits per heavy atom. The number of likely N-dealkylation sites (tertiary alicyclic amines) is 1. The molecule has 3 rings (SSSR count). The number of nitrogens with zero attached hydrogens (tertiary/aromatic N) is 2. The third kappa shape index (κ3) is 5.02. The highest BCUT2D eigenvalue weighted by atomic mass is 16.5. The average Bonchev–Trinajstić information content (AvgIpc) is 3.09. The lowest BCUT2D eigenvalue weighted by molar-refractivity contribution is -0.139. The summed E-state index contributed by atoms with van der Waals surface area (Å²) in [5, 5.41) is 5.41. The van der Waals surface area contributed by atoms with Gasteiger partial charge in [-0.2, -0.15) is 0 Å². The molecule has 1 saturated heterocycles. The van der Waals surface area contributed by atoms with Gasteiger partial charge in [0.25, 0.3) is 0 Å². The van der Waals surface area contributed by atoms with Crippen LogP contribution in [0.2, 0.25) is 0 Å². The van der Waals surface area contributed by atoms with Crippen molar-refractivity contribution in [2.45, 2.75) is 31.7 Å². The number of ether oxygens (including phenoxy) is 1. The molecule has 2 amide bonds. The molecule has 1 atom stereocenters. The second-order valence-electron chi connectivity index (χ2n) is 7.63. The van der Waals surface area contributed by atoms with Crippen molar-refractivity contribution in [3.63, 3.8) is 0 Å². The zero-order valence-corrected chi connectivity index (χ0v) is 17.0. The quantitative estimate of drug-likeness (QED) is 0.540. The van der Waals surface area contributed by atoms with Crippen LogP contribution in [0.4, 0.5) is 5.69 Å². The maximum atomic E-state index is 12.2. The van der Waals surface area contributed by atoms with Crippen LogP contribution in [0.5, 0.6) is 0 Å². The fourth-order valence-electron chi connectivity index (χ4n) is 4.10. The van der Waals surface area contributed by atoms with Gasteiger partial charge in [0.15, 0.2) is 0 Å². The zero-order chi connectivity index (χ0) is 19.9. The number of anilines is 1. The van der Waals surface area contributed by atoms with Crippen molar-refractivity contribution in [3.8, 4) is 0 Å². The predicted molar refractivity (Wildman–Crippen MR) is 109 cm³/mol. The van der Waals surface area contributed by atoms with Gasteiger partial charge in [-0.1, -0.05) is 18.6 Å². The van der Waals surface area contributed by atoms with Gasteiger partial charge < -0.3 is 20.3 Å². The SMILES string of the molecule is COCCNC(=O)C(=O)NCC(c1ccc2c(c1)CCN2C)N1CCCCC1. The number of carbonyl (C=O) groups excluding carboxylic acids is 2. The number of carbonyl (C=O) groups is 2. The van der Waals surface area contributed by atoms with Crippen LogP contribution < -0.4 is 15.5 Å². The van der Waals surface area contributed by atoms with E-state index in [1.807, 2.05) is 0 Å². The molecule has 0 aliphatic carbocycles. The van der Waals surface area contributed by atoms with E-state index in [1.165, 1.54) is 36.1 Å². The van der Waals surface area contributed by atoms with E-state index in [-0.39, 0.29) is 6.04 Å². The first-order valence-electron chi connectivity index (χ1n) is 10.2. The molecule has 0 saturated carbocycles. The molecule has 1 unspecified atom stereocenters. The van der Waals surface area contributed by atoms with Crippen LogP contribution in [0.1, 0.15) is 36.4 Å². The number of rotatable bonds is 7. The van der Waals surface area contributed by atoms with Crippen molar-refractivity contribution in [1.82, 2.24) is 15.5 Å². The molecule has 0 radical (unpaired) electrons. The third-order valence-corrected chi connectivity index (χ3v) is 5.70. The van der Waals surface area contributed by atoms with Crippen molar-refractivity contribution in [1.29, 1.82) is 0 Å². The Labute approximate surface area is 167 Å². The molecule has 28 heavy (non-hydrogen) atoms. The predicted octanol–water partition coefficient (Wildman–Crippen LogP) is 1.08. The molecule has 0 aromatic heterocycles. The van der Waals surface area contributed by atoms with E-state index >= 15 is 0 Å². The maximum Gasteiger partial charge on any atom is 0.309 e. The van der Waals surface area contributed by atoms with Gasteiger partial charge in [0, 0.05) is 39.5 Å². The Balaban J connectivity index is 1.68. The summed E-state index contributed by atoms with van der Waals surface area (Å²) in [6.07, 6.45) is 4.67. The van der Waals surface area contributed by atoms with Gasteiger partial charge in [-0.15, -0.1) is 0 Å². The Morgan fingerprint density at radius 3 is 2.61 bits per heavy atom. The Kier molecular flexibility index (Phi) is 7.28. The fourth-order valence-corrected chi connectivity index (χ4v) is 4.10. The van der Waals surface area contributed by atoms with Gasteiger partial charge in [0.1, 0.15) is 0 Å². The summed E-state index contributed by atoms with van der Waals surface area (Å²) in [6.45, 7) is 4.25. The largest absolute Gasteiger partial charge is 0.383 e. The van der Waals surface area contributed by atoms with Crippen LogP contribution in [0, 0.1) is 0 Å². The average molecular weight is 389 g/mol. The summed E-state index contributed by atoms with van der Waals surface area (Å²) < 4.78 is 4.89. The minimum Gasteiger partial charge on any atom is -0.383 e. The number of nitrogens with one attached hydrogen (secondary N) is 2. The molecule has 2 aliphatic rings. The molecular formula is C21H32N4O3. The number of fused-ring (bicyclic) bond motifs is 1. The van der Waals surface area contributed by atoms with Gasteiger partial charge in [-0.05, 0) is 49.5 Å². The number of amides is 2. The van der Waals surface area contributed by atoms with E-state index in [2.05, 4.69) is 45.7 Å². The lowest BCUT2D eigenvalue weighted by atomic mass is 9.98. The van der Waals surface area contributed by atoms with E-state index in [9.17, 15) is 9.59 Å². The highest BCUT2D eigenvalue weighted by Crippen LogP contribution is 2.32. The minimum absolute atomic E-state index is 0.0900. The Hall–Kier alpha value is -2.12. The summed E-state index contributed by atoms with van der Waals surface area (Å²) in [7, 11) is 3.68. The van der Waals surface area contributed by atoms with Crippen LogP contribution >= 0.6 is 0 Å². The molecule has 1 aromatic rings. The summed E-state index contributed by atoms with van der Waals surface area (Å²) in [5.41, 5.74) is 3.88. The Bertz CT molecular complexity index is 688. The normalized spacial score (nSPS) is 17.9. The number of likely N-dealkylation sites (N-methyl/N-ethyl adjacent to an activating group) is 1. The van der Waals surface area contributed by atoms with E-state index in [1.54, 1.807) is 7.11 Å². The maximum absolute atomic E-state index is 12.2. The number of benzene rings is 1. The summed E-state index contributed by atoms with van der Waals surface area (Å²) in [6, 6.07) is 6.73. The van der Waals surface area contributed by atoms with Crippen molar-refractivity contribution in [2.24, 2.45) is 0 Å². The topological polar surface area (TPSA) is 73.9 Å². The molecule has 1 aromatic carbocycles. The number of methoxy groups -OCH3 is 1. The van der Waals surface area contributed by atoms with E-state index in [4.69, 9.17) is 4.74 Å². The molecule has 0 spiro atoms. The van der Waals surface area contributed by atoms with Gasteiger partial charge in [0.2, 0.25) is 0 Å². The molecular weight excluding hydrogens is 356 g/mol. The molecule has 1 fully saturated rings. The first kappa shape index (κ1) is 20.6. The van der Waals surface area contributed by atoms with Crippen LogP contribution in [0.25, 0.3) is 0 Å². The molecule has 2 aliphatic heterocycles. The van der Waals surface area contributed by atoms with Crippen LogP contribution in [-0.4, -0.2) is 70.2 Å². The molecule has 7 nitrogen and oxygen atoms in total. The number of hydrogen-bond donors (Lipinski definition) is 2. The first-order chi connectivity index (χ1) is 13.6. The number of hydrogen-bond acceptors (Lipinski definition) is 5. The molecule has 2 heterocycles. The lowest BCUT2D eigenvalue weighted by Crippen LogP contribution is -2.45. The van der Waals surface area contributed by atoms with E-state index in [0.717, 1.165) is 26.1 Å². The van der Waals surface area contributed by atoms with Crippen LogP contribution in [0.3, 0.4) is 0 Å². The fraction of sp³-hybridized carbons (Fsp3) is 0.619. The van der Waals surface area contributed by atoms with Crippen molar-refractivity contribution in [2.75, 3.05) is 58.4 Å². The third-order valence-electron chi connectivity index (χ3n) is 5.70. The van der Waals surface area contributed by atoms with Crippen molar-refractivity contribution in [3.05, 3.63) is 29.3 Å². The molecule has 154 valence electrons. The monoisotopic (exact) mass is 388 g/mol. The van der Waals surface area contributed by atoms with Crippen LogP contribution in [-0.2, 0) is 20.7 Å². The van der Waals surface area contributed by atoms with Crippen molar-refractivity contribution < 1.29 is 14.3 Å². The summed E-state index contributed by atoms with van der Waals surface area (Å²) in [4.78, 5) is 28.8. The van der Waals surface area contributed by atoms with Gasteiger partial charge >= 0.3 is 11.8 Å². The molecule has 0 bridgehead atoms. The van der Waals surface area contributed by atoms with Gasteiger partial charge in [-0.25, -0.2) is 0 Å². The highest BCUT2D eigenvalue weighted by Gasteiger charge is 2.26. The van der Waals surface area contributed by atoms with Crippen LogP contribution in [0.15, 0.2) is 18.2 Å². The highest BCUT2D eigenvalue weighted by molar-refractivity contribution is 6.35. The summed E-state index contributed by atoms with van der Waals surface area (Å²) >= 11 is 0. The number of piperidine rings is 1. The first-order valence-corrected chi connectivity index (χ1v) is 10.2. The minimum atomic E-state index is -0.606. The molecule has 2 N–H and O–H groups in total. The smallest absolute Gasteiger partial charge is 0.309 e. The Morgan fingerprint density at radius 1 is 1.11 bits per heavy atom.